The van der Waals surface area contributed by atoms with E-state index in [2.05, 4.69) is 10.6 Å². The van der Waals surface area contributed by atoms with Gasteiger partial charge in [0.05, 0.1) is 12.6 Å². The van der Waals surface area contributed by atoms with Gasteiger partial charge in [-0.15, -0.1) is 0 Å². The maximum atomic E-state index is 11.5. The second-order valence-electron chi connectivity index (χ2n) is 5.22. The number of nitriles is 1. The van der Waals surface area contributed by atoms with Gasteiger partial charge in [-0.2, -0.15) is 5.26 Å². The molecule has 0 unspecified atom stereocenters. The van der Waals surface area contributed by atoms with Gasteiger partial charge >= 0.3 is 0 Å². The summed E-state index contributed by atoms with van der Waals surface area (Å²) in [6.07, 6.45) is 0. The summed E-state index contributed by atoms with van der Waals surface area (Å²) in [5.74, 6) is -0.714. The van der Waals surface area contributed by atoms with Crippen LogP contribution in [0.2, 0.25) is 0 Å². The molecule has 0 spiro atoms. The highest BCUT2D eigenvalue weighted by molar-refractivity contribution is 5.89. The van der Waals surface area contributed by atoms with E-state index in [0.717, 1.165) is 0 Å². The minimum atomic E-state index is -1.11. The highest BCUT2D eigenvalue weighted by Crippen LogP contribution is 2.12. The Morgan fingerprint density at radius 1 is 1.19 bits per heavy atom. The molecule has 0 fully saturated rings. The van der Waals surface area contributed by atoms with Crippen LogP contribution in [0.5, 0.6) is 0 Å². The number of amides is 2. The fraction of sp³-hybridized carbons (Fsp3) is 0.727. The maximum Gasteiger partial charge on any atom is 0.240 e. The number of hydrogen-bond donors (Lipinski definition) is 2. The normalized spacial score (nSPS) is 11.5. The molecule has 0 saturated carbocycles. The van der Waals surface area contributed by atoms with Crippen LogP contribution in [0.15, 0.2) is 0 Å². The standard InChI is InChI=1S/C11H19N3O2/c1-10(2,3)14-8(15)6-13-9(16)11(4,5)7-12/h6H2,1-5H3,(H,13,16)(H,14,15). The molecular weight excluding hydrogens is 206 g/mol. The average molecular weight is 225 g/mol. The van der Waals surface area contributed by atoms with Gasteiger partial charge in [0.25, 0.3) is 0 Å². The van der Waals surface area contributed by atoms with Crippen molar-refractivity contribution in [3.8, 4) is 6.07 Å². The van der Waals surface area contributed by atoms with Crippen molar-refractivity contribution in [1.29, 1.82) is 5.26 Å². The molecule has 0 atom stereocenters. The summed E-state index contributed by atoms with van der Waals surface area (Å²) in [6, 6.07) is 1.87. The van der Waals surface area contributed by atoms with Crippen molar-refractivity contribution in [2.45, 2.75) is 40.2 Å². The minimum absolute atomic E-state index is 0.110. The molecule has 0 aliphatic rings. The zero-order valence-electron chi connectivity index (χ0n) is 10.5. The van der Waals surface area contributed by atoms with Crippen LogP contribution in [-0.2, 0) is 9.59 Å². The number of nitrogens with zero attached hydrogens (tertiary/aromatic N) is 1. The monoisotopic (exact) mass is 225 g/mol. The fourth-order valence-electron chi connectivity index (χ4n) is 0.895. The molecule has 0 rings (SSSR count). The molecule has 0 bridgehead atoms. The lowest BCUT2D eigenvalue weighted by atomic mass is 9.95. The Morgan fingerprint density at radius 2 is 1.69 bits per heavy atom. The van der Waals surface area contributed by atoms with E-state index in [4.69, 9.17) is 5.26 Å². The summed E-state index contributed by atoms with van der Waals surface area (Å²) in [5, 5.41) is 13.8. The van der Waals surface area contributed by atoms with Crippen LogP contribution >= 0.6 is 0 Å². The Bertz CT molecular complexity index is 321. The van der Waals surface area contributed by atoms with Gasteiger partial charge in [-0.05, 0) is 34.6 Å². The summed E-state index contributed by atoms with van der Waals surface area (Å²) >= 11 is 0. The van der Waals surface area contributed by atoms with Crippen molar-refractivity contribution in [1.82, 2.24) is 10.6 Å². The largest absolute Gasteiger partial charge is 0.350 e. The van der Waals surface area contributed by atoms with Gasteiger partial charge < -0.3 is 10.6 Å². The van der Waals surface area contributed by atoms with Crippen molar-refractivity contribution in [3.05, 3.63) is 0 Å². The quantitative estimate of drug-likeness (QED) is 0.736. The SMILES string of the molecule is CC(C)(C)NC(=O)CNC(=O)C(C)(C)C#N. The zero-order chi connectivity index (χ0) is 13.0. The van der Waals surface area contributed by atoms with Crippen LogP contribution in [0.25, 0.3) is 0 Å². The lowest BCUT2D eigenvalue weighted by Gasteiger charge is -2.21. The van der Waals surface area contributed by atoms with E-state index in [0.29, 0.717) is 0 Å². The topological polar surface area (TPSA) is 82.0 Å². The lowest BCUT2D eigenvalue weighted by Crippen LogP contribution is -2.47. The Labute approximate surface area is 96.2 Å². The molecule has 2 amide bonds. The second-order valence-corrected chi connectivity index (χ2v) is 5.22. The van der Waals surface area contributed by atoms with Gasteiger partial charge in [-0.1, -0.05) is 0 Å². The second kappa shape index (κ2) is 4.97. The number of nitrogens with one attached hydrogen (secondary N) is 2. The molecule has 5 nitrogen and oxygen atoms in total. The van der Waals surface area contributed by atoms with Crippen molar-refractivity contribution in [2.24, 2.45) is 5.41 Å². The Morgan fingerprint density at radius 3 is 2.06 bits per heavy atom. The Hall–Kier alpha value is -1.57. The third-order valence-electron chi connectivity index (χ3n) is 1.77. The van der Waals surface area contributed by atoms with Crippen LogP contribution in [0.3, 0.4) is 0 Å². The molecule has 0 aromatic carbocycles. The maximum absolute atomic E-state index is 11.5. The van der Waals surface area contributed by atoms with Crippen LogP contribution in [0, 0.1) is 16.7 Å². The van der Waals surface area contributed by atoms with Crippen molar-refractivity contribution >= 4 is 11.8 Å². The summed E-state index contributed by atoms with van der Waals surface area (Å²) < 4.78 is 0. The van der Waals surface area contributed by atoms with Gasteiger partial charge in [0, 0.05) is 5.54 Å². The molecule has 16 heavy (non-hydrogen) atoms. The smallest absolute Gasteiger partial charge is 0.240 e. The van der Waals surface area contributed by atoms with Gasteiger partial charge in [-0.25, -0.2) is 0 Å². The van der Waals surface area contributed by atoms with Crippen molar-refractivity contribution in [3.63, 3.8) is 0 Å². The van der Waals surface area contributed by atoms with Crippen molar-refractivity contribution < 1.29 is 9.59 Å². The first kappa shape index (κ1) is 14.4. The third kappa shape index (κ3) is 5.35. The number of carbonyl (C=O) groups is 2. The molecule has 0 saturated heterocycles. The van der Waals surface area contributed by atoms with Gasteiger partial charge in [0.2, 0.25) is 11.8 Å². The molecule has 0 aromatic rings. The summed E-state index contributed by atoms with van der Waals surface area (Å²) in [6.45, 7) is 8.46. The molecule has 90 valence electrons. The number of hydrogen-bond acceptors (Lipinski definition) is 3. The predicted octanol–water partition coefficient (Wildman–Crippen LogP) is 0.567. The van der Waals surface area contributed by atoms with Gasteiger partial charge in [0.1, 0.15) is 5.41 Å². The summed E-state index contributed by atoms with van der Waals surface area (Å²) in [4.78, 5) is 22.8. The lowest BCUT2D eigenvalue weighted by molar-refractivity contribution is -0.130. The molecule has 0 heterocycles. The third-order valence-corrected chi connectivity index (χ3v) is 1.77. The van der Waals surface area contributed by atoms with E-state index < -0.39 is 11.3 Å². The minimum Gasteiger partial charge on any atom is -0.350 e. The van der Waals surface area contributed by atoms with E-state index in [1.54, 1.807) is 0 Å². The molecule has 5 heteroatoms. The predicted molar refractivity (Wildman–Crippen MR) is 60.3 cm³/mol. The van der Waals surface area contributed by atoms with Crippen LogP contribution in [-0.4, -0.2) is 23.9 Å². The first-order valence-electron chi connectivity index (χ1n) is 5.09. The summed E-state index contributed by atoms with van der Waals surface area (Å²) in [7, 11) is 0. The van der Waals surface area contributed by atoms with Gasteiger partial charge in [0.15, 0.2) is 0 Å². The first-order chi connectivity index (χ1) is 7.08. The Balaban J connectivity index is 4.14. The molecule has 0 aliphatic heterocycles. The van der Waals surface area contributed by atoms with Crippen molar-refractivity contribution in [2.75, 3.05) is 6.54 Å². The van der Waals surface area contributed by atoms with Crippen LogP contribution in [0.1, 0.15) is 34.6 Å². The molecule has 2 N–H and O–H groups in total. The molecular formula is C11H19N3O2. The zero-order valence-corrected chi connectivity index (χ0v) is 10.5. The summed E-state index contributed by atoms with van der Waals surface area (Å²) in [5.41, 5.74) is -1.44. The highest BCUT2D eigenvalue weighted by atomic mass is 16.2. The molecule has 0 aliphatic carbocycles. The van der Waals surface area contributed by atoms with Gasteiger partial charge in [-0.3, -0.25) is 9.59 Å². The first-order valence-corrected chi connectivity index (χ1v) is 5.09. The molecule has 0 aromatic heterocycles. The Kier molecular flexibility index (Phi) is 4.48. The highest BCUT2D eigenvalue weighted by Gasteiger charge is 2.27. The average Bonchev–Trinajstić information content (AvgIpc) is 2.11. The fourth-order valence-corrected chi connectivity index (χ4v) is 0.895. The van der Waals surface area contributed by atoms with E-state index >= 15 is 0 Å². The van der Waals surface area contributed by atoms with E-state index in [-0.39, 0.29) is 18.0 Å². The van der Waals surface area contributed by atoms with E-state index in [1.165, 1.54) is 13.8 Å². The van der Waals surface area contributed by atoms with E-state index in [1.807, 2.05) is 26.8 Å². The molecule has 0 radical (unpaired) electrons. The van der Waals surface area contributed by atoms with E-state index in [9.17, 15) is 9.59 Å². The van der Waals surface area contributed by atoms with Crippen LogP contribution < -0.4 is 10.6 Å². The number of rotatable bonds is 3. The van der Waals surface area contributed by atoms with Crippen LogP contribution in [0.4, 0.5) is 0 Å². The number of carbonyl (C=O) groups excluding carboxylic acids is 2.